The number of hydrogen-bond acceptors (Lipinski definition) is 8. The van der Waals surface area contributed by atoms with Crippen molar-refractivity contribution < 1.29 is 19.2 Å². The van der Waals surface area contributed by atoms with Crippen LogP contribution in [0.5, 0.6) is 0 Å². The van der Waals surface area contributed by atoms with E-state index >= 15 is 0 Å². The lowest BCUT2D eigenvalue weighted by Gasteiger charge is -2.22. The smallest absolute Gasteiger partial charge is 0.410 e. The number of likely N-dealkylation sites (tertiary alicyclic amines) is 1. The number of carbonyl (C=O) groups is 2. The summed E-state index contributed by atoms with van der Waals surface area (Å²) in [5, 5.41) is 16.2. The Morgan fingerprint density at radius 2 is 2.16 bits per heavy atom. The number of benzene rings is 1. The predicted octanol–water partition coefficient (Wildman–Crippen LogP) is 3.58. The number of ketones is 1. The van der Waals surface area contributed by atoms with Crippen molar-refractivity contribution in [3.05, 3.63) is 74.0 Å². The van der Waals surface area contributed by atoms with Crippen molar-refractivity contribution in [1.29, 1.82) is 0 Å². The molecule has 3 aromatic rings. The van der Waals surface area contributed by atoms with Gasteiger partial charge >= 0.3 is 6.09 Å². The topological polar surface area (TPSA) is 156 Å². The van der Waals surface area contributed by atoms with E-state index in [9.17, 15) is 19.7 Å². The van der Waals surface area contributed by atoms with Crippen molar-refractivity contribution in [3.63, 3.8) is 0 Å². The van der Waals surface area contributed by atoms with E-state index < -0.39 is 23.1 Å². The first kappa shape index (κ1) is 20.3. The summed E-state index contributed by atoms with van der Waals surface area (Å²) in [5.74, 6) is -0.354. The maximum Gasteiger partial charge on any atom is 0.410 e. The number of thiazole rings is 1. The van der Waals surface area contributed by atoms with Crippen LogP contribution in [-0.4, -0.2) is 49.7 Å². The second kappa shape index (κ2) is 8.42. The number of imidazole rings is 1. The lowest BCUT2D eigenvalue weighted by Crippen LogP contribution is -2.41. The van der Waals surface area contributed by atoms with Crippen molar-refractivity contribution in [1.82, 2.24) is 14.3 Å². The number of Topliss-reactive ketones (excluding diaryl/α,β-unsaturated/α-hetero) is 1. The van der Waals surface area contributed by atoms with Crippen molar-refractivity contribution in [2.45, 2.75) is 25.1 Å². The summed E-state index contributed by atoms with van der Waals surface area (Å²) in [7, 11) is 0. The average molecular weight is 441 g/mol. The minimum absolute atomic E-state index is 0.0427. The second-order valence-electron chi connectivity index (χ2n) is 6.81. The molecule has 0 saturated carbocycles. The Balaban J connectivity index is 1.50. The number of hydrogen-bond donors (Lipinski definition) is 0. The van der Waals surface area contributed by atoms with Gasteiger partial charge in [0.15, 0.2) is 0 Å². The van der Waals surface area contributed by atoms with Crippen LogP contribution in [-0.2, 0) is 11.3 Å². The van der Waals surface area contributed by atoms with Gasteiger partial charge in [0.2, 0.25) is 5.78 Å². The zero-order valence-electron chi connectivity index (χ0n) is 15.9. The van der Waals surface area contributed by atoms with Gasteiger partial charge in [-0.1, -0.05) is 5.11 Å². The first-order valence-electron chi connectivity index (χ1n) is 9.13. The molecular weight excluding hydrogens is 426 g/mol. The van der Waals surface area contributed by atoms with Gasteiger partial charge in [0.25, 0.3) is 5.69 Å². The van der Waals surface area contributed by atoms with Crippen LogP contribution in [0.25, 0.3) is 15.3 Å². The molecular formula is C18H15N7O5S. The third-order valence-corrected chi connectivity index (χ3v) is 5.81. The summed E-state index contributed by atoms with van der Waals surface area (Å²) in [4.78, 5) is 44.9. The third-order valence-electron chi connectivity index (χ3n) is 4.92. The van der Waals surface area contributed by atoms with Crippen LogP contribution in [0.1, 0.15) is 22.5 Å². The predicted molar refractivity (Wildman–Crippen MR) is 109 cm³/mol. The molecule has 31 heavy (non-hydrogen) atoms. The van der Waals surface area contributed by atoms with Crippen molar-refractivity contribution in [2.75, 3.05) is 6.54 Å². The van der Waals surface area contributed by atoms with Gasteiger partial charge in [-0.25, -0.2) is 9.78 Å². The van der Waals surface area contributed by atoms with Crippen LogP contribution in [0.4, 0.5) is 10.5 Å². The van der Waals surface area contributed by atoms with Crippen LogP contribution in [0.15, 0.2) is 47.3 Å². The molecule has 1 amide bonds. The summed E-state index contributed by atoms with van der Waals surface area (Å²) >= 11 is 1.35. The van der Waals surface area contributed by atoms with Crippen LogP contribution in [0.3, 0.4) is 0 Å². The Morgan fingerprint density at radius 1 is 1.39 bits per heavy atom. The highest BCUT2D eigenvalue weighted by Crippen LogP contribution is 2.27. The Hall–Kier alpha value is -3.96. The van der Waals surface area contributed by atoms with E-state index in [1.807, 2.05) is 5.38 Å². The van der Waals surface area contributed by atoms with Gasteiger partial charge in [-0.2, -0.15) is 0 Å². The monoisotopic (exact) mass is 441 g/mol. The molecule has 1 aliphatic rings. The van der Waals surface area contributed by atoms with E-state index in [-0.39, 0.29) is 36.7 Å². The third kappa shape index (κ3) is 4.04. The van der Waals surface area contributed by atoms with Gasteiger partial charge in [0, 0.05) is 35.2 Å². The van der Waals surface area contributed by atoms with E-state index in [0.29, 0.717) is 10.4 Å². The Morgan fingerprint density at radius 3 is 2.87 bits per heavy atom. The molecule has 0 spiro atoms. The molecule has 3 heterocycles. The molecule has 2 atom stereocenters. The lowest BCUT2D eigenvalue weighted by molar-refractivity contribution is -0.384. The van der Waals surface area contributed by atoms with Crippen molar-refractivity contribution in [3.8, 4) is 0 Å². The first-order chi connectivity index (χ1) is 15.0. The molecule has 0 radical (unpaired) electrons. The number of nitro benzene ring substituents is 1. The molecule has 0 N–H and O–H groups in total. The number of carbonyl (C=O) groups excluding carboxylic acids is 2. The number of amides is 1. The van der Waals surface area contributed by atoms with E-state index in [1.54, 1.807) is 10.6 Å². The van der Waals surface area contributed by atoms with E-state index in [2.05, 4.69) is 15.0 Å². The quantitative estimate of drug-likeness (QED) is 0.142. The molecule has 158 valence electrons. The Bertz CT molecular complexity index is 1200. The molecule has 12 nitrogen and oxygen atoms in total. The minimum Gasteiger partial charge on any atom is -0.445 e. The van der Waals surface area contributed by atoms with Gasteiger partial charge in [-0.3, -0.25) is 24.2 Å². The maximum absolute atomic E-state index is 13.1. The number of non-ortho nitro benzene ring substituents is 1. The summed E-state index contributed by atoms with van der Waals surface area (Å²) in [6.07, 6.45) is 2.72. The number of ether oxygens (including phenoxy) is 1. The Labute approximate surface area is 178 Å². The minimum atomic E-state index is -0.874. The van der Waals surface area contributed by atoms with Crippen LogP contribution in [0.2, 0.25) is 0 Å². The molecule has 1 aromatic carbocycles. The zero-order chi connectivity index (χ0) is 22.0. The Kier molecular flexibility index (Phi) is 5.52. The van der Waals surface area contributed by atoms with Crippen molar-refractivity contribution >= 4 is 33.7 Å². The highest BCUT2D eigenvalue weighted by molar-refractivity contribution is 7.15. The summed E-state index contributed by atoms with van der Waals surface area (Å²) in [6.45, 7) is -0.0823. The number of fused-ring (bicyclic) bond motifs is 1. The normalized spacial score (nSPS) is 18.0. The molecule has 13 heteroatoms. The molecule has 1 fully saturated rings. The number of nitrogens with zero attached hydrogens (tertiary/aromatic N) is 7. The molecule has 0 unspecified atom stereocenters. The fourth-order valence-corrected chi connectivity index (χ4v) is 4.24. The highest BCUT2D eigenvalue weighted by Gasteiger charge is 2.41. The van der Waals surface area contributed by atoms with Crippen molar-refractivity contribution in [2.24, 2.45) is 5.11 Å². The van der Waals surface area contributed by atoms with E-state index in [4.69, 9.17) is 10.3 Å². The zero-order valence-corrected chi connectivity index (χ0v) is 16.7. The fourth-order valence-electron chi connectivity index (χ4n) is 3.42. The number of nitro groups is 1. The average Bonchev–Trinajstić information content (AvgIpc) is 3.48. The van der Waals surface area contributed by atoms with Crippen LogP contribution >= 0.6 is 11.3 Å². The molecule has 1 saturated heterocycles. The van der Waals surface area contributed by atoms with E-state index in [0.717, 1.165) is 0 Å². The molecule has 0 bridgehead atoms. The first-order valence-corrected chi connectivity index (χ1v) is 10.0. The fraction of sp³-hybridized carbons (Fsp3) is 0.278. The van der Waals surface area contributed by atoms with Gasteiger partial charge in [0.05, 0.1) is 11.0 Å². The number of aromatic nitrogens is 2. The van der Waals surface area contributed by atoms with Gasteiger partial charge in [-0.15, -0.1) is 11.3 Å². The van der Waals surface area contributed by atoms with Gasteiger partial charge < -0.3 is 4.74 Å². The van der Waals surface area contributed by atoms with Gasteiger partial charge in [0.1, 0.15) is 29.5 Å². The second-order valence-corrected chi connectivity index (χ2v) is 7.71. The number of rotatable bonds is 6. The van der Waals surface area contributed by atoms with E-state index in [1.165, 1.54) is 46.8 Å². The SMILES string of the molecule is [N-]=[N+]=N[C@@H]1C[C@@H](C(=O)c2ncn3ccsc23)N(C(=O)OCc2ccc([N+](=O)[O-])cc2)C1. The molecule has 4 rings (SSSR count). The molecule has 2 aromatic heterocycles. The van der Waals surface area contributed by atoms with Crippen LogP contribution < -0.4 is 0 Å². The summed E-state index contributed by atoms with van der Waals surface area (Å²) in [6, 6.07) is 4.16. The highest BCUT2D eigenvalue weighted by atomic mass is 32.1. The molecule has 1 aliphatic heterocycles. The maximum atomic E-state index is 13.1. The van der Waals surface area contributed by atoms with Crippen LogP contribution in [0, 0.1) is 10.1 Å². The standard InChI is InChI=1S/C18H15N7O5S/c19-22-21-12-7-14(16(26)15-17-23(10-20-15)5-6-31-17)24(8-12)18(27)30-9-11-1-3-13(4-2-11)25(28)29/h1-6,10,12,14H,7-9H2/t12-,14+/m1/s1. The largest absolute Gasteiger partial charge is 0.445 e. The summed E-state index contributed by atoms with van der Waals surface area (Å²) in [5.41, 5.74) is 9.49. The van der Waals surface area contributed by atoms with Gasteiger partial charge in [-0.05, 0) is 29.6 Å². The number of azide groups is 1. The lowest BCUT2D eigenvalue weighted by atomic mass is 10.1. The summed E-state index contributed by atoms with van der Waals surface area (Å²) < 4.78 is 7.03. The molecule has 0 aliphatic carbocycles.